The maximum Gasteiger partial charge on any atom is 0.407 e. The number of rotatable bonds is 8. The fraction of sp³-hybridized carbons (Fsp3) is 0.471. The number of carboxylic acids is 1. The Kier molecular flexibility index (Phi) is 7.74. The number of carbonyl (C=O) groups is 3. The third-order valence-corrected chi connectivity index (χ3v) is 3.09. The van der Waals surface area contributed by atoms with Gasteiger partial charge in [0.15, 0.2) is 0 Å². The summed E-state index contributed by atoms with van der Waals surface area (Å²) in [5, 5.41) is 14.2. The SMILES string of the molecule is CC(=O)NC(Cc1cccc(CNC(=O)OCC(C)C)c1)C(=O)O. The molecule has 1 aromatic rings. The molecule has 0 aromatic heterocycles. The molecule has 0 aliphatic rings. The molecule has 0 heterocycles. The molecule has 1 atom stereocenters. The van der Waals surface area contributed by atoms with Crippen LogP contribution in [0.1, 0.15) is 31.9 Å². The third kappa shape index (κ3) is 7.62. The van der Waals surface area contributed by atoms with Crippen molar-refractivity contribution in [1.29, 1.82) is 0 Å². The van der Waals surface area contributed by atoms with Crippen molar-refractivity contribution < 1.29 is 24.2 Å². The maximum atomic E-state index is 11.5. The molecule has 0 saturated heterocycles. The Labute approximate surface area is 141 Å². The first-order valence-corrected chi connectivity index (χ1v) is 7.76. The minimum Gasteiger partial charge on any atom is -0.480 e. The molecule has 7 nitrogen and oxygen atoms in total. The van der Waals surface area contributed by atoms with E-state index in [1.54, 1.807) is 18.2 Å². The van der Waals surface area contributed by atoms with Crippen LogP contribution in [0.5, 0.6) is 0 Å². The summed E-state index contributed by atoms with van der Waals surface area (Å²) in [6.45, 7) is 5.81. The number of aliphatic carboxylic acids is 1. The highest BCUT2D eigenvalue weighted by molar-refractivity contribution is 5.82. The number of benzene rings is 1. The van der Waals surface area contributed by atoms with Gasteiger partial charge < -0.3 is 20.5 Å². The standard InChI is InChI=1S/C17H24N2O5/c1-11(2)10-24-17(23)18-9-14-6-4-5-13(7-14)8-15(16(21)22)19-12(3)20/h4-7,11,15H,8-10H2,1-3H3,(H,18,23)(H,19,20)(H,21,22). The Morgan fingerprint density at radius 1 is 1.21 bits per heavy atom. The fourth-order valence-corrected chi connectivity index (χ4v) is 2.02. The number of carboxylic acid groups (broad SMARTS) is 1. The summed E-state index contributed by atoms with van der Waals surface area (Å²) >= 11 is 0. The number of nitrogens with one attached hydrogen (secondary N) is 2. The summed E-state index contributed by atoms with van der Waals surface area (Å²) in [6, 6.07) is 6.18. The number of alkyl carbamates (subject to hydrolysis) is 1. The summed E-state index contributed by atoms with van der Waals surface area (Å²) < 4.78 is 5.02. The van der Waals surface area contributed by atoms with Gasteiger partial charge in [-0.05, 0) is 17.0 Å². The van der Waals surface area contributed by atoms with Gasteiger partial charge in [0.05, 0.1) is 6.61 Å². The van der Waals surface area contributed by atoms with Crippen LogP contribution in [0.3, 0.4) is 0 Å². The lowest BCUT2D eigenvalue weighted by Gasteiger charge is -2.14. The van der Waals surface area contributed by atoms with Gasteiger partial charge in [-0.15, -0.1) is 0 Å². The number of hydrogen-bond acceptors (Lipinski definition) is 4. The van der Waals surface area contributed by atoms with Gasteiger partial charge in [0.1, 0.15) is 6.04 Å². The van der Waals surface area contributed by atoms with E-state index in [0.29, 0.717) is 6.61 Å². The van der Waals surface area contributed by atoms with Gasteiger partial charge in [0, 0.05) is 19.9 Å². The molecule has 0 aliphatic carbocycles. The Balaban J connectivity index is 2.61. The number of hydrogen-bond donors (Lipinski definition) is 3. The molecule has 0 fully saturated rings. The first-order chi connectivity index (χ1) is 11.3. The molecule has 1 rings (SSSR count). The maximum absolute atomic E-state index is 11.5. The third-order valence-electron chi connectivity index (χ3n) is 3.09. The molecular weight excluding hydrogens is 312 g/mol. The van der Waals surface area contributed by atoms with E-state index in [1.807, 2.05) is 19.9 Å². The monoisotopic (exact) mass is 336 g/mol. The smallest absolute Gasteiger partial charge is 0.407 e. The topological polar surface area (TPSA) is 105 Å². The van der Waals surface area contributed by atoms with E-state index in [2.05, 4.69) is 10.6 Å². The minimum atomic E-state index is -1.09. The minimum absolute atomic E-state index is 0.167. The summed E-state index contributed by atoms with van der Waals surface area (Å²) in [5.74, 6) is -1.22. The van der Waals surface area contributed by atoms with E-state index < -0.39 is 24.0 Å². The fourth-order valence-electron chi connectivity index (χ4n) is 2.02. The van der Waals surface area contributed by atoms with Gasteiger partial charge in [-0.25, -0.2) is 9.59 Å². The number of carbonyl (C=O) groups excluding carboxylic acids is 2. The first-order valence-electron chi connectivity index (χ1n) is 7.76. The second-order valence-electron chi connectivity index (χ2n) is 5.96. The zero-order chi connectivity index (χ0) is 18.1. The van der Waals surface area contributed by atoms with Crippen LogP contribution in [0.4, 0.5) is 4.79 Å². The lowest BCUT2D eigenvalue weighted by atomic mass is 10.0. The van der Waals surface area contributed by atoms with E-state index in [-0.39, 0.29) is 18.9 Å². The van der Waals surface area contributed by atoms with Gasteiger partial charge in [0.2, 0.25) is 5.91 Å². The first kappa shape index (κ1) is 19.5. The largest absolute Gasteiger partial charge is 0.480 e. The molecule has 0 saturated carbocycles. The quantitative estimate of drug-likeness (QED) is 0.670. The number of amides is 2. The normalized spacial score (nSPS) is 11.7. The molecule has 1 unspecified atom stereocenters. The van der Waals surface area contributed by atoms with Crippen LogP contribution in [0.25, 0.3) is 0 Å². The summed E-state index contributed by atoms with van der Waals surface area (Å²) in [4.78, 5) is 33.8. The van der Waals surface area contributed by atoms with E-state index in [1.165, 1.54) is 6.92 Å². The van der Waals surface area contributed by atoms with E-state index in [9.17, 15) is 14.4 Å². The molecule has 3 N–H and O–H groups in total. The van der Waals surface area contributed by atoms with Crippen molar-refractivity contribution in [2.45, 2.75) is 39.8 Å². The highest BCUT2D eigenvalue weighted by Crippen LogP contribution is 2.08. The lowest BCUT2D eigenvalue weighted by Crippen LogP contribution is -2.41. The molecule has 0 aliphatic heterocycles. The van der Waals surface area contributed by atoms with Crippen LogP contribution in [0.2, 0.25) is 0 Å². The predicted octanol–water partition coefficient (Wildman–Crippen LogP) is 1.70. The van der Waals surface area contributed by atoms with Crippen molar-refractivity contribution in [3.63, 3.8) is 0 Å². The van der Waals surface area contributed by atoms with Crippen LogP contribution in [0.15, 0.2) is 24.3 Å². The molecular formula is C17H24N2O5. The van der Waals surface area contributed by atoms with Crippen molar-refractivity contribution in [3.05, 3.63) is 35.4 Å². The summed E-state index contributed by atoms with van der Waals surface area (Å²) in [5.41, 5.74) is 1.58. The highest BCUT2D eigenvalue weighted by Gasteiger charge is 2.18. The van der Waals surface area contributed by atoms with Crippen molar-refractivity contribution in [1.82, 2.24) is 10.6 Å². The van der Waals surface area contributed by atoms with Crippen molar-refractivity contribution in [2.24, 2.45) is 5.92 Å². The molecule has 1 aromatic carbocycles. The van der Waals surface area contributed by atoms with Gasteiger partial charge in [-0.3, -0.25) is 4.79 Å². The molecule has 0 spiro atoms. The molecule has 7 heteroatoms. The van der Waals surface area contributed by atoms with E-state index in [4.69, 9.17) is 9.84 Å². The lowest BCUT2D eigenvalue weighted by molar-refractivity contribution is -0.141. The Hall–Kier alpha value is -2.57. The zero-order valence-electron chi connectivity index (χ0n) is 14.2. The second kappa shape index (κ2) is 9.54. The van der Waals surface area contributed by atoms with Gasteiger partial charge >= 0.3 is 12.1 Å². The Morgan fingerprint density at radius 2 is 1.88 bits per heavy atom. The van der Waals surface area contributed by atoms with E-state index in [0.717, 1.165) is 11.1 Å². The van der Waals surface area contributed by atoms with Crippen molar-refractivity contribution in [2.75, 3.05) is 6.61 Å². The average molecular weight is 336 g/mol. The van der Waals surface area contributed by atoms with Crippen molar-refractivity contribution >= 4 is 18.0 Å². The number of ether oxygens (including phenoxy) is 1. The van der Waals surface area contributed by atoms with Crippen LogP contribution in [-0.4, -0.2) is 35.7 Å². The molecule has 24 heavy (non-hydrogen) atoms. The molecule has 0 radical (unpaired) electrons. The molecule has 0 bridgehead atoms. The molecule has 132 valence electrons. The van der Waals surface area contributed by atoms with E-state index >= 15 is 0 Å². The summed E-state index contributed by atoms with van der Waals surface area (Å²) in [6.07, 6.45) is -0.323. The molecule has 2 amide bonds. The van der Waals surface area contributed by atoms with Crippen LogP contribution >= 0.6 is 0 Å². The zero-order valence-corrected chi connectivity index (χ0v) is 14.2. The summed E-state index contributed by atoms with van der Waals surface area (Å²) in [7, 11) is 0. The Bertz CT molecular complexity index is 586. The van der Waals surface area contributed by atoms with Crippen molar-refractivity contribution in [3.8, 4) is 0 Å². The average Bonchev–Trinajstić information content (AvgIpc) is 2.50. The highest BCUT2D eigenvalue weighted by atomic mass is 16.5. The van der Waals surface area contributed by atoms with Gasteiger partial charge in [-0.2, -0.15) is 0 Å². The predicted molar refractivity (Wildman–Crippen MR) is 88.4 cm³/mol. The Morgan fingerprint density at radius 3 is 2.46 bits per heavy atom. The second-order valence-corrected chi connectivity index (χ2v) is 5.96. The van der Waals surface area contributed by atoms with Crippen LogP contribution in [0, 0.1) is 5.92 Å². The van der Waals surface area contributed by atoms with Gasteiger partial charge in [0.25, 0.3) is 0 Å². The van der Waals surface area contributed by atoms with Gasteiger partial charge in [-0.1, -0.05) is 38.1 Å². The van der Waals surface area contributed by atoms with Crippen LogP contribution in [-0.2, 0) is 27.3 Å². The van der Waals surface area contributed by atoms with Crippen LogP contribution < -0.4 is 10.6 Å².